The molecule has 0 radical (unpaired) electrons. The van der Waals surface area contributed by atoms with Gasteiger partial charge in [0.25, 0.3) is 0 Å². The van der Waals surface area contributed by atoms with E-state index in [1.807, 2.05) is 31.3 Å². The Bertz CT molecular complexity index is 606. The van der Waals surface area contributed by atoms with Gasteiger partial charge in [-0.2, -0.15) is 0 Å². The summed E-state index contributed by atoms with van der Waals surface area (Å²) in [6.45, 7) is 1.36. The monoisotopic (exact) mass is 289 g/mol. The maximum absolute atomic E-state index is 11.3. The largest absolute Gasteiger partial charge is 0.497 e. The number of carbonyl (C=O) groups is 1. The number of rotatable bonds is 6. The van der Waals surface area contributed by atoms with E-state index >= 15 is 0 Å². The van der Waals surface area contributed by atoms with Crippen LogP contribution in [0.15, 0.2) is 40.8 Å². The Labute approximate surface area is 124 Å². The number of methoxy groups -OCH3 is 2. The number of carbonyl (C=O) groups excluding carboxylic acids is 1. The van der Waals surface area contributed by atoms with Crippen molar-refractivity contribution in [1.82, 2.24) is 4.90 Å². The van der Waals surface area contributed by atoms with Crippen LogP contribution in [0.25, 0.3) is 0 Å². The highest BCUT2D eigenvalue weighted by molar-refractivity contribution is 5.86. The normalized spacial score (nSPS) is 10.7. The van der Waals surface area contributed by atoms with Gasteiger partial charge in [0.05, 0.1) is 20.8 Å². The van der Waals surface area contributed by atoms with Gasteiger partial charge in [-0.3, -0.25) is 4.90 Å². The Kier molecular flexibility index (Phi) is 5.00. The number of hydrogen-bond acceptors (Lipinski definition) is 5. The van der Waals surface area contributed by atoms with Crippen molar-refractivity contribution in [3.63, 3.8) is 0 Å². The van der Waals surface area contributed by atoms with Crippen molar-refractivity contribution in [2.45, 2.75) is 13.1 Å². The minimum Gasteiger partial charge on any atom is -0.497 e. The summed E-state index contributed by atoms with van der Waals surface area (Å²) in [6.07, 6.45) is 0. The summed E-state index contributed by atoms with van der Waals surface area (Å²) in [5.74, 6) is 1.33. The zero-order valence-corrected chi connectivity index (χ0v) is 12.5. The van der Waals surface area contributed by atoms with Crippen molar-refractivity contribution in [3.8, 4) is 5.75 Å². The summed E-state index contributed by atoms with van der Waals surface area (Å²) >= 11 is 0. The highest BCUT2D eigenvalue weighted by Crippen LogP contribution is 2.16. The molecule has 0 atom stereocenters. The molecule has 0 aliphatic carbocycles. The van der Waals surface area contributed by atoms with Gasteiger partial charge >= 0.3 is 5.97 Å². The first kappa shape index (κ1) is 15.1. The van der Waals surface area contributed by atoms with Crippen LogP contribution in [0.4, 0.5) is 0 Å². The fourth-order valence-electron chi connectivity index (χ4n) is 2.08. The van der Waals surface area contributed by atoms with Crippen LogP contribution in [-0.2, 0) is 17.8 Å². The average Bonchev–Trinajstić information content (AvgIpc) is 2.94. The van der Waals surface area contributed by atoms with Crippen LogP contribution in [0, 0.1) is 0 Å². The molecule has 0 unspecified atom stereocenters. The van der Waals surface area contributed by atoms with Crippen molar-refractivity contribution in [2.24, 2.45) is 0 Å². The van der Waals surface area contributed by atoms with Gasteiger partial charge in [-0.15, -0.1) is 0 Å². The second-order valence-corrected chi connectivity index (χ2v) is 4.78. The molecule has 0 spiro atoms. The van der Waals surface area contributed by atoms with Crippen LogP contribution >= 0.6 is 0 Å². The van der Waals surface area contributed by atoms with Crippen molar-refractivity contribution in [2.75, 3.05) is 21.3 Å². The number of benzene rings is 1. The van der Waals surface area contributed by atoms with Crippen LogP contribution in [-0.4, -0.2) is 32.1 Å². The number of hydrogen-bond donors (Lipinski definition) is 0. The minimum atomic E-state index is -0.461. The fraction of sp³-hybridized carbons (Fsp3) is 0.312. The summed E-state index contributed by atoms with van der Waals surface area (Å²) in [5, 5.41) is 0. The molecular formula is C16H19NO4. The number of nitrogens with zero attached hydrogens (tertiary/aromatic N) is 1. The van der Waals surface area contributed by atoms with Crippen molar-refractivity contribution < 1.29 is 18.7 Å². The van der Waals surface area contributed by atoms with Gasteiger partial charge in [0.15, 0.2) is 0 Å². The first-order valence-corrected chi connectivity index (χ1v) is 6.61. The molecule has 0 bridgehead atoms. The molecular weight excluding hydrogens is 270 g/mol. The molecule has 0 aliphatic heterocycles. The molecule has 2 rings (SSSR count). The van der Waals surface area contributed by atoms with Gasteiger partial charge in [0.1, 0.15) is 11.5 Å². The molecule has 0 saturated heterocycles. The zero-order chi connectivity index (χ0) is 15.2. The van der Waals surface area contributed by atoms with E-state index in [4.69, 9.17) is 9.15 Å². The van der Waals surface area contributed by atoms with E-state index in [2.05, 4.69) is 9.64 Å². The molecule has 1 aromatic heterocycles. The molecule has 1 heterocycles. The first-order valence-electron chi connectivity index (χ1n) is 6.61. The molecule has 2 aromatic rings. The van der Waals surface area contributed by atoms with Crippen molar-refractivity contribution in [3.05, 3.63) is 53.5 Å². The lowest BCUT2D eigenvalue weighted by molar-refractivity contribution is 0.0561. The third-order valence-electron chi connectivity index (χ3n) is 3.06. The lowest BCUT2D eigenvalue weighted by Crippen LogP contribution is -2.16. The van der Waals surface area contributed by atoms with Gasteiger partial charge in [0, 0.05) is 6.54 Å². The molecule has 1 aromatic carbocycles. The fourth-order valence-corrected chi connectivity index (χ4v) is 2.08. The molecule has 0 aliphatic rings. The van der Waals surface area contributed by atoms with Crippen LogP contribution in [0.1, 0.15) is 21.9 Å². The van der Waals surface area contributed by atoms with Crippen molar-refractivity contribution in [1.29, 1.82) is 0 Å². The van der Waals surface area contributed by atoms with E-state index in [0.717, 1.165) is 23.6 Å². The maximum Gasteiger partial charge on any atom is 0.373 e. The lowest BCUT2D eigenvalue weighted by atomic mass is 10.2. The number of ether oxygens (including phenoxy) is 2. The molecule has 0 fully saturated rings. The molecule has 112 valence electrons. The van der Waals surface area contributed by atoms with Gasteiger partial charge in [-0.05, 0) is 36.9 Å². The Morgan fingerprint density at radius 3 is 2.71 bits per heavy atom. The topological polar surface area (TPSA) is 51.9 Å². The van der Waals surface area contributed by atoms with Gasteiger partial charge in [-0.1, -0.05) is 12.1 Å². The summed E-state index contributed by atoms with van der Waals surface area (Å²) in [6, 6.07) is 11.3. The molecule has 0 N–H and O–H groups in total. The van der Waals surface area contributed by atoms with E-state index < -0.39 is 5.97 Å². The van der Waals surface area contributed by atoms with E-state index in [1.165, 1.54) is 7.11 Å². The Morgan fingerprint density at radius 2 is 2.00 bits per heavy atom. The zero-order valence-electron chi connectivity index (χ0n) is 12.5. The Morgan fingerprint density at radius 1 is 1.19 bits per heavy atom. The highest BCUT2D eigenvalue weighted by atomic mass is 16.5. The SMILES string of the molecule is COC(=O)c1ccc(CN(C)Cc2cccc(OC)c2)o1. The number of furan rings is 1. The van der Waals surface area contributed by atoms with Crippen molar-refractivity contribution >= 4 is 5.97 Å². The average molecular weight is 289 g/mol. The minimum absolute atomic E-state index is 0.224. The first-order chi connectivity index (χ1) is 10.1. The van der Waals surface area contributed by atoms with E-state index in [9.17, 15) is 4.79 Å². The Hall–Kier alpha value is -2.27. The number of esters is 1. The van der Waals surface area contributed by atoms with Gasteiger partial charge in [-0.25, -0.2) is 4.79 Å². The standard InChI is InChI=1S/C16H19NO4/c1-17(10-12-5-4-6-13(9-12)19-2)11-14-7-8-15(21-14)16(18)20-3/h4-9H,10-11H2,1-3H3. The van der Waals surface area contributed by atoms with Crippen LogP contribution in [0.3, 0.4) is 0 Å². The van der Waals surface area contributed by atoms with Crippen LogP contribution in [0.5, 0.6) is 5.75 Å². The maximum atomic E-state index is 11.3. The summed E-state index contributed by atoms with van der Waals surface area (Å²) < 4.78 is 15.3. The second kappa shape index (κ2) is 6.95. The van der Waals surface area contributed by atoms with E-state index in [0.29, 0.717) is 6.54 Å². The predicted molar refractivity (Wildman–Crippen MR) is 78.2 cm³/mol. The molecule has 21 heavy (non-hydrogen) atoms. The third-order valence-corrected chi connectivity index (χ3v) is 3.06. The molecule has 5 heteroatoms. The molecule has 0 saturated carbocycles. The molecule has 5 nitrogen and oxygen atoms in total. The molecule has 0 amide bonds. The lowest BCUT2D eigenvalue weighted by Gasteiger charge is -2.15. The summed E-state index contributed by atoms with van der Waals surface area (Å²) in [7, 11) is 4.97. The second-order valence-electron chi connectivity index (χ2n) is 4.78. The smallest absolute Gasteiger partial charge is 0.373 e. The van der Waals surface area contributed by atoms with Crippen LogP contribution in [0.2, 0.25) is 0 Å². The van der Waals surface area contributed by atoms with Gasteiger partial charge in [0.2, 0.25) is 5.76 Å². The summed E-state index contributed by atoms with van der Waals surface area (Å²) in [5.41, 5.74) is 1.15. The van der Waals surface area contributed by atoms with Crippen LogP contribution < -0.4 is 4.74 Å². The highest BCUT2D eigenvalue weighted by Gasteiger charge is 2.12. The third kappa shape index (κ3) is 4.10. The van der Waals surface area contributed by atoms with Gasteiger partial charge < -0.3 is 13.9 Å². The summed E-state index contributed by atoms with van der Waals surface area (Å²) in [4.78, 5) is 13.4. The quantitative estimate of drug-likeness (QED) is 0.765. The Balaban J connectivity index is 1.96. The van der Waals surface area contributed by atoms with E-state index in [-0.39, 0.29) is 5.76 Å². The van der Waals surface area contributed by atoms with E-state index in [1.54, 1.807) is 19.2 Å². The predicted octanol–water partition coefficient (Wildman–Crippen LogP) is 2.71.